The minimum atomic E-state index is 0. The zero-order valence-corrected chi connectivity index (χ0v) is 18.2. The first kappa shape index (κ1) is 20.1. The topological polar surface area (TPSA) is 29.0 Å². The van der Waals surface area contributed by atoms with Gasteiger partial charge in [0.25, 0.3) is 0 Å². The largest absolute Gasteiger partial charge is 0.357 e. The molecule has 3 heterocycles. The van der Waals surface area contributed by atoms with Crippen LogP contribution in [0.1, 0.15) is 24.0 Å². The number of hydrogen-bond acceptors (Lipinski definition) is 4. The van der Waals surface area contributed by atoms with Crippen LogP contribution in [0.2, 0.25) is 5.02 Å². The standard InChI is InChI=1S/C23H20ClN3S.ClH/c24-19-5-3-4-18(13-19)20-11-17(12-21-23(20)26-15-28-21)10-16-6-7-22(25-14-16)27-8-1-2-9-27;/h3-7,11-15H,1-2,8-10H2;1H. The highest BCUT2D eigenvalue weighted by molar-refractivity contribution is 7.16. The summed E-state index contributed by atoms with van der Waals surface area (Å²) < 4.78 is 1.20. The van der Waals surface area contributed by atoms with E-state index in [-0.39, 0.29) is 12.4 Å². The number of hydrogen-bond donors (Lipinski definition) is 0. The molecule has 1 aliphatic heterocycles. The second kappa shape index (κ2) is 8.70. The molecule has 0 N–H and O–H groups in total. The molecule has 148 valence electrons. The maximum atomic E-state index is 6.23. The quantitative estimate of drug-likeness (QED) is 0.356. The van der Waals surface area contributed by atoms with Gasteiger partial charge in [0.05, 0.1) is 15.7 Å². The van der Waals surface area contributed by atoms with Crippen molar-refractivity contribution < 1.29 is 0 Å². The van der Waals surface area contributed by atoms with Crippen LogP contribution in [0.15, 0.2) is 60.2 Å². The summed E-state index contributed by atoms with van der Waals surface area (Å²) in [5, 5.41) is 0.744. The molecule has 5 rings (SSSR count). The Kier molecular flexibility index (Phi) is 6.04. The Morgan fingerprint density at radius 2 is 1.83 bits per heavy atom. The van der Waals surface area contributed by atoms with E-state index in [9.17, 15) is 0 Å². The molecule has 0 radical (unpaired) electrons. The molecule has 2 aromatic carbocycles. The Balaban J connectivity index is 0.00000205. The first-order chi connectivity index (χ1) is 13.8. The Bertz CT molecular complexity index is 1120. The van der Waals surface area contributed by atoms with E-state index in [1.807, 2.05) is 29.9 Å². The number of halogens is 2. The van der Waals surface area contributed by atoms with Gasteiger partial charge < -0.3 is 4.90 Å². The lowest BCUT2D eigenvalue weighted by Gasteiger charge is -2.16. The van der Waals surface area contributed by atoms with E-state index in [0.717, 1.165) is 47.0 Å². The number of rotatable bonds is 4. The highest BCUT2D eigenvalue weighted by Gasteiger charge is 2.14. The van der Waals surface area contributed by atoms with E-state index < -0.39 is 0 Å². The van der Waals surface area contributed by atoms with Crippen molar-refractivity contribution in [3.63, 3.8) is 0 Å². The molecule has 4 aromatic rings. The molecule has 0 spiro atoms. The number of thiazole rings is 1. The van der Waals surface area contributed by atoms with E-state index in [1.54, 1.807) is 11.3 Å². The molecule has 1 fully saturated rings. The molecule has 1 aliphatic rings. The molecule has 0 amide bonds. The summed E-state index contributed by atoms with van der Waals surface area (Å²) in [6.07, 6.45) is 5.41. The molecular weight excluding hydrogens is 421 g/mol. The summed E-state index contributed by atoms with van der Waals surface area (Å²) in [6, 6.07) is 16.8. The number of fused-ring (bicyclic) bond motifs is 1. The van der Waals surface area contributed by atoms with Crippen LogP contribution in [-0.4, -0.2) is 23.1 Å². The molecule has 2 aromatic heterocycles. The van der Waals surface area contributed by atoms with Gasteiger partial charge in [-0.05, 0) is 66.3 Å². The Labute approximate surface area is 185 Å². The molecule has 0 atom stereocenters. The van der Waals surface area contributed by atoms with E-state index in [1.165, 1.54) is 28.7 Å². The van der Waals surface area contributed by atoms with E-state index in [2.05, 4.69) is 40.2 Å². The summed E-state index contributed by atoms with van der Waals surface area (Å²) in [5.74, 6) is 1.10. The summed E-state index contributed by atoms with van der Waals surface area (Å²) in [7, 11) is 0. The summed E-state index contributed by atoms with van der Waals surface area (Å²) in [5.41, 5.74) is 7.69. The van der Waals surface area contributed by atoms with Crippen molar-refractivity contribution in [3.8, 4) is 11.1 Å². The first-order valence-corrected chi connectivity index (χ1v) is 10.8. The van der Waals surface area contributed by atoms with Gasteiger partial charge in [-0.2, -0.15) is 0 Å². The van der Waals surface area contributed by atoms with Gasteiger partial charge in [-0.3, -0.25) is 0 Å². The lowest BCUT2D eigenvalue weighted by molar-refractivity contribution is 0.933. The molecule has 0 saturated carbocycles. The number of pyridine rings is 1. The predicted molar refractivity (Wildman–Crippen MR) is 126 cm³/mol. The van der Waals surface area contributed by atoms with Crippen LogP contribution >= 0.6 is 35.3 Å². The molecule has 0 bridgehead atoms. The SMILES string of the molecule is Cl.Clc1cccc(-c2cc(Cc3ccc(N4CCCC4)nc3)cc3scnc23)c1. The molecule has 0 unspecified atom stereocenters. The van der Waals surface area contributed by atoms with E-state index >= 15 is 0 Å². The van der Waals surface area contributed by atoms with Gasteiger partial charge in [-0.15, -0.1) is 23.7 Å². The van der Waals surface area contributed by atoms with Gasteiger partial charge in [-0.25, -0.2) is 9.97 Å². The van der Waals surface area contributed by atoms with Crippen LogP contribution in [0.25, 0.3) is 21.3 Å². The second-order valence-corrected chi connectivity index (χ2v) is 8.57. The zero-order chi connectivity index (χ0) is 18.9. The molecule has 29 heavy (non-hydrogen) atoms. The van der Waals surface area contributed by atoms with Crippen molar-refractivity contribution in [1.82, 2.24) is 9.97 Å². The van der Waals surface area contributed by atoms with E-state index in [0.29, 0.717) is 0 Å². The lowest BCUT2D eigenvalue weighted by Crippen LogP contribution is -2.18. The van der Waals surface area contributed by atoms with Crippen molar-refractivity contribution in [2.75, 3.05) is 18.0 Å². The van der Waals surface area contributed by atoms with Crippen molar-refractivity contribution in [2.24, 2.45) is 0 Å². The smallest absolute Gasteiger partial charge is 0.128 e. The third-order valence-corrected chi connectivity index (χ3v) is 6.29. The Morgan fingerprint density at radius 3 is 2.59 bits per heavy atom. The van der Waals surface area contributed by atoms with Crippen LogP contribution in [-0.2, 0) is 6.42 Å². The molecule has 6 heteroatoms. The Morgan fingerprint density at radius 1 is 0.966 bits per heavy atom. The van der Waals surface area contributed by atoms with Crippen LogP contribution in [0.3, 0.4) is 0 Å². The highest BCUT2D eigenvalue weighted by atomic mass is 35.5. The average Bonchev–Trinajstić information content (AvgIpc) is 3.40. The fourth-order valence-corrected chi connectivity index (χ4v) is 4.85. The number of nitrogens with zero attached hydrogens (tertiary/aromatic N) is 3. The summed E-state index contributed by atoms with van der Waals surface area (Å²) >= 11 is 7.91. The normalized spacial score (nSPS) is 13.6. The molecule has 0 aliphatic carbocycles. The number of benzene rings is 2. The van der Waals surface area contributed by atoms with E-state index in [4.69, 9.17) is 16.6 Å². The van der Waals surface area contributed by atoms with Gasteiger partial charge in [0.2, 0.25) is 0 Å². The maximum absolute atomic E-state index is 6.23. The molecular formula is C23H21Cl2N3S. The van der Waals surface area contributed by atoms with Gasteiger partial charge in [0.15, 0.2) is 0 Å². The van der Waals surface area contributed by atoms with Crippen LogP contribution in [0.5, 0.6) is 0 Å². The van der Waals surface area contributed by atoms with Crippen molar-refractivity contribution in [2.45, 2.75) is 19.3 Å². The number of anilines is 1. The van der Waals surface area contributed by atoms with Crippen molar-refractivity contribution >= 4 is 51.4 Å². The lowest BCUT2D eigenvalue weighted by atomic mass is 9.98. The zero-order valence-electron chi connectivity index (χ0n) is 15.8. The van der Waals surface area contributed by atoms with Gasteiger partial charge in [-0.1, -0.05) is 29.8 Å². The third kappa shape index (κ3) is 4.25. The minimum Gasteiger partial charge on any atom is -0.357 e. The van der Waals surface area contributed by atoms with Crippen LogP contribution in [0, 0.1) is 0 Å². The first-order valence-electron chi connectivity index (χ1n) is 9.58. The second-order valence-electron chi connectivity index (χ2n) is 7.25. The van der Waals surface area contributed by atoms with Gasteiger partial charge in [0.1, 0.15) is 5.82 Å². The average molecular weight is 442 g/mol. The molecule has 1 saturated heterocycles. The van der Waals surface area contributed by atoms with Gasteiger partial charge >= 0.3 is 0 Å². The predicted octanol–water partition coefficient (Wildman–Crippen LogP) is 6.62. The fourth-order valence-electron chi connectivity index (χ4n) is 3.89. The monoisotopic (exact) mass is 441 g/mol. The summed E-state index contributed by atoms with van der Waals surface area (Å²) in [6.45, 7) is 2.24. The van der Waals surface area contributed by atoms with Crippen molar-refractivity contribution in [1.29, 1.82) is 0 Å². The maximum Gasteiger partial charge on any atom is 0.128 e. The van der Waals surface area contributed by atoms with Crippen LogP contribution in [0.4, 0.5) is 5.82 Å². The minimum absolute atomic E-state index is 0. The highest BCUT2D eigenvalue weighted by Crippen LogP contribution is 2.33. The summed E-state index contributed by atoms with van der Waals surface area (Å²) in [4.78, 5) is 11.7. The van der Waals surface area contributed by atoms with Crippen molar-refractivity contribution in [3.05, 3.63) is 76.4 Å². The van der Waals surface area contributed by atoms with Crippen LogP contribution < -0.4 is 4.90 Å². The third-order valence-electron chi connectivity index (χ3n) is 5.28. The Hall–Kier alpha value is -2.14. The molecule has 3 nitrogen and oxygen atoms in total. The number of aromatic nitrogens is 2. The fraction of sp³-hybridized carbons (Fsp3) is 0.217. The van der Waals surface area contributed by atoms with Gasteiger partial charge in [0, 0.05) is 29.9 Å².